The van der Waals surface area contributed by atoms with Gasteiger partial charge in [-0.05, 0) is 11.8 Å². The number of fused-ring (bicyclic) bond motifs is 1. The van der Waals surface area contributed by atoms with Crippen molar-refractivity contribution >= 4 is 11.8 Å². The molecular formula is C17H37N3O2. The quantitative estimate of drug-likeness (QED) is 0.721. The van der Waals surface area contributed by atoms with Crippen LogP contribution in [0.3, 0.4) is 0 Å². The molecule has 5 heteroatoms. The second-order valence-electron chi connectivity index (χ2n) is 6.57. The zero-order valence-electron chi connectivity index (χ0n) is 15.8. The summed E-state index contributed by atoms with van der Waals surface area (Å²) in [6.07, 6.45) is 0. The molecule has 0 aromatic rings. The summed E-state index contributed by atoms with van der Waals surface area (Å²) in [5, 5.41) is 5.73. The average molecular weight is 316 g/mol. The average Bonchev–Trinajstić information content (AvgIpc) is 2.41. The van der Waals surface area contributed by atoms with Crippen molar-refractivity contribution in [3.05, 3.63) is 0 Å². The smallest absolute Gasteiger partial charge is 0.239 e. The number of carbonyl (C=O) groups is 2. The van der Waals surface area contributed by atoms with E-state index in [2.05, 4.69) is 52.2 Å². The van der Waals surface area contributed by atoms with E-state index in [4.69, 9.17) is 0 Å². The molecule has 2 heterocycles. The molecule has 0 aromatic carbocycles. The van der Waals surface area contributed by atoms with Gasteiger partial charge >= 0.3 is 0 Å². The van der Waals surface area contributed by atoms with E-state index >= 15 is 0 Å². The summed E-state index contributed by atoms with van der Waals surface area (Å²) in [7, 11) is 0. The SMILES string of the molecule is CC.CC(C)C.CC(C)C.O=C1CN2C(=O)CNCC2CN1. The molecule has 2 saturated heterocycles. The molecule has 2 amide bonds. The lowest BCUT2D eigenvalue weighted by Gasteiger charge is -2.38. The van der Waals surface area contributed by atoms with Gasteiger partial charge < -0.3 is 15.5 Å². The third kappa shape index (κ3) is 12.6. The van der Waals surface area contributed by atoms with E-state index in [1.54, 1.807) is 4.90 Å². The van der Waals surface area contributed by atoms with Crippen LogP contribution in [0.5, 0.6) is 0 Å². The van der Waals surface area contributed by atoms with E-state index in [-0.39, 0.29) is 24.4 Å². The highest BCUT2D eigenvalue weighted by molar-refractivity contribution is 5.87. The van der Waals surface area contributed by atoms with E-state index in [1.165, 1.54) is 0 Å². The van der Waals surface area contributed by atoms with Crippen molar-refractivity contribution in [2.24, 2.45) is 11.8 Å². The first-order chi connectivity index (χ1) is 10.2. The highest BCUT2D eigenvalue weighted by Gasteiger charge is 2.32. The Morgan fingerprint density at radius 2 is 1.41 bits per heavy atom. The van der Waals surface area contributed by atoms with Crippen LogP contribution in [0.15, 0.2) is 0 Å². The number of carbonyl (C=O) groups excluding carboxylic acids is 2. The summed E-state index contributed by atoms with van der Waals surface area (Å²) in [6.45, 7) is 19.0. The molecule has 2 aliphatic rings. The van der Waals surface area contributed by atoms with Gasteiger partial charge in [-0.3, -0.25) is 9.59 Å². The monoisotopic (exact) mass is 315 g/mol. The number of nitrogens with zero attached hydrogens (tertiary/aromatic N) is 1. The number of amides is 2. The second kappa shape index (κ2) is 13.6. The Morgan fingerprint density at radius 1 is 0.955 bits per heavy atom. The first-order valence-corrected chi connectivity index (χ1v) is 8.50. The Bertz CT molecular complexity index is 293. The van der Waals surface area contributed by atoms with Crippen LogP contribution < -0.4 is 10.6 Å². The van der Waals surface area contributed by atoms with Gasteiger partial charge in [-0.25, -0.2) is 0 Å². The number of nitrogens with one attached hydrogen (secondary N) is 2. The molecular weight excluding hydrogens is 278 g/mol. The van der Waals surface area contributed by atoms with Gasteiger partial charge in [0.15, 0.2) is 0 Å². The highest BCUT2D eigenvalue weighted by atomic mass is 16.2. The maximum Gasteiger partial charge on any atom is 0.239 e. The largest absolute Gasteiger partial charge is 0.352 e. The molecule has 0 saturated carbocycles. The molecule has 0 radical (unpaired) electrons. The summed E-state index contributed by atoms with van der Waals surface area (Å²) in [4.78, 5) is 23.8. The molecule has 2 N–H and O–H groups in total. The minimum absolute atomic E-state index is 0.0288. The maximum atomic E-state index is 11.3. The van der Waals surface area contributed by atoms with Gasteiger partial charge in [0.2, 0.25) is 11.8 Å². The number of hydrogen-bond donors (Lipinski definition) is 2. The maximum absolute atomic E-state index is 11.3. The van der Waals surface area contributed by atoms with Crippen molar-refractivity contribution in [3.8, 4) is 0 Å². The Labute approximate surface area is 137 Å². The van der Waals surface area contributed by atoms with Gasteiger partial charge in [0, 0.05) is 13.1 Å². The van der Waals surface area contributed by atoms with Crippen molar-refractivity contribution in [3.63, 3.8) is 0 Å². The Kier molecular flexibility index (Phi) is 14.3. The lowest BCUT2D eigenvalue weighted by molar-refractivity contribution is -0.142. The summed E-state index contributed by atoms with van der Waals surface area (Å²) in [5.41, 5.74) is 0. The molecule has 1 atom stereocenters. The van der Waals surface area contributed by atoms with E-state index in [0.717, 1.165) is 18.4 Å². The van der Waals surface area contributed by atoms with Crippen LogP contribution in [-0.2, 0) is 9.59 Å². The van der Waals surface area contributed by atoms with E-state index in [0.29, 0.717) is 13.1 Å². The van der Waals surface area contributed by atoms with Crippen LogP contribution in [-0.4, -0.2) is 48.9 Å². The van der Waals surface area contributed by atoms with E-state index in [9.17, 15) is 9.59 Å². The third-order valence-corrected chi connectivity index (χ3v) is 2.27. The summed E-state index contributed by atoms with van der Waals surface area (Å²) in [6, 6.07) is 0.156. The molecule has 0 aliphatic carbocycles. The fourth-order valence-electron chi connectivity index (χ4n) is 1.60. The summed E-state index contributed by atoms with van der Waals surface area (Å²) in [5.74, 6) is 1.64. The number of piperazine rings is 2. The topological polar surface area (TPSA) is 61.4 Å². The van der Waals surface area contributed by atoms with Crippen molar-refractivity contribution in [2.75, 3.05) is 26.2 Å². The molecule has 132 valence electrons. The van der Waals surface area contributed by atoms with Crippen LogP contribution >= 0.6 is 0 Å². The second-order valence-corrected chi connectivity index (χ2v) is 6.57. The predicted octanol–water partition coefficient (Wildman–Crippen LogP) is 2.27. The minimum Gasteiger partial charge on any atom is -0.352 e. The zero-order valence-corrected chi connectivity index (χ0v) is 15.8. The molecule has 0 aromatic heterocycles. The van der Waals surface area contributed by atoms with Crippen molar-refractivity contribution in [1.29, 1.82) is 0 Å². The Morgan fingerprint density at radius 3 is 1.86 bits per heavy atom. The lowest BCUT2D eigenvalue weighted by Crippen LogP contribution is -2.64. The first kappa shape index (κ1) is 23.2. The highest BCUT2D eigenvalue weighted by Crippen LogP contribution is 2.06. The lowest BCUT2D eigenvalue weighted by atomic mass is 10.1. The van der Waals surface area contributed by atoms with Gasteiger partial charge in [-0.15, -0.1) is 0 Å². The minimum atomic E-state index is -0.0542. The van der Waals surface area contributed by atoms with Gasteiger partial charge in [0.05, 0.1) is 19.1 Å². The molecule has 5 nitrogen and oxygen atoms in total. The molecule has 2 fully saturated rings. The van der Waals surface area contributed by atoms with Gasteiger partial charge in [0.1, 0.15) is 0 Å². The Hall–Kier alpha value is -1.10. The number of hydrogen-bond acceptors (Lipinski definition) is 3. The standard InChI is InChI=1S/C7H11N3O2.2C4H10.C2H6/c11-6-4-10-5(2-9-6)1-8-3-7(10)12;2*1-4(2)3;1-2/h5,8H,1-4H2,(H,9,11);2*4H,1-3H3;1-2H3. The Balaban J connectivity index is 0. The van der Waals surface area contributed by atoms with Gasteiger partial charge in [-0.2, -0.15) is 0 Å². The van der Waals surface area contributed by atoms with E-state index < -0.39 is 0 Å². The molecule has 0 bridgehead atoms. The molecule has 2 aliphatic heterocycles. The normalized spacial score (nSPS) is 19.7. The van der Waals surface area contributed by atoms with Crippen molar-refractivity contribution < 1.29 is 9.59 Å². The fraction of sp³-hybridized carbons (Fsp3) is 0.882. The van der Waals surface area contributed by atoms with Crippen LogP contribution in [0.1, 0.15) is 55.4 Å². The van der Waals surface area contributed by atoms with Crippen molar-refractivity contribution in [2.45, 2.75) is 61.4 Å². The van der Waals surface area contributed by atoms with Crippen LogP contribution in [0.4, 0.5) is 0 Å². The van der Waals surface area contributed by atoms with Crippen LogP contribution in [0.2, 0.25) is 0 Å². The summed E-state index contributed by atoms with van der Waals surface area (Å²) >= 11 is 0. The first-order valence-electron chi connectivity index (χ1n) is 8.50. The third-order valence-electron chi connectivity index (χ3n) is 2.27. The zero-order chi connectivity index (χ0) is 17.7. The molecule has 22 heavy (non-hydrogen) atoms. The van der Waals surface area contributed by atoms with Gasteiger partial charge in [0.25, 0.3) is 0 Å². The summed E-state index contributed by atoms with van der Waals surface area (Å²) < 4.78 is 0. The fourth-order valence-corrected chi connectivity index (χ4v) is 1.60. The molecule has 0 spiro atoms. The van der Waals surface area contributed by atoms with Crippen molar-refractivity contribution in [1.82, 2.24) is 15.5 Å². The number of rotatable bonds is 0. The van der Waals surface area contributed by atoms with Gasteiger partial charge in [-0.1, -0.05) is 55.4 Å². The predicted molar refractivity (Wildman–Crippen MR) is 93.8 cm³/mol. The van der Waals surface area contributed by atoms with Crippen LogP contribution in [0.25, 0.3) is 0 Å². The van der Waals surface area contributed by atoms with Crippen LogP contribution in [0, 0.1) is 11.8 Å². The molecule has 1 unspecified atom stereocenters. The van der Waals surface area contributed by atoms with E-state index in [1.807, 2.05) is 13.8 Å². The molecule has 2 rings (SSSR count).